The Morgan fingerprint density at radius 3 is 2.64 bits per heavy atom. The molecule has 0 aliphatic carbocycles. The number of nitrogens with one attached hydrogen (secondary N) is 1. The Kier molecular flexibility index (Phi) is 3.51. The molecule has 0 saturated carbocycles. The van der Waals surface area contributed by atoms with Crippen molar-refractivity contribution in [1.82, 2.24) is 20.0 Å². The van der Waals surface area contributed by atoms with Crippen LogP contribution in [-0.4, -0.2) is 28.4 Å². The Balaban J connectivity index is 1.79. The third-order valence-electron chi connectivity index (χ3n) is 3.27. The van der Waals surface area contributed by atoms with Crippen LogP contribution in [0.1, 0.15) is 5.56 Å². The van der Waals surface area contributed by atoms with Crippen LogP contribution in [0.2, 0.25) is 0 Å². The molecule has 114 valence electrons. The van der Waals surface area contributed by atoms with Crippen molar-refractivity contribution in [3.8, 4) is 0 Å². The van der Waals surface area contributed by atoms with E-state index in [-0.39, 0.29) is 4.90 Å². The molecule has 0 spiro atoms. The minimum atomic E-state index is -3.66. The van der Waals surface area contributed by atoms with Gasteiger partial charge in [-0.25, -0.2) is 18.2 Å². The van der Waals surface area contributed by atoms with Gasteiger partial charge in [-0.15, -0.1) is 5.10 Å². The van der Waals surface area contributed by atoms with Gasteiger partial charge >= 0.3 is 0 Å². The van der Waals surface area contributed by atoms with E-state index in [0.717, 1.165) is 16.6 Å². The Morgan fingerprint density at radius 2 is 1.95 bits per heavy atom. The van der Waals surface area contributed by atoms with E-state index in [0.29, 0.717) is 12.2 Å². The second-order valence-corrected chi connectivity index (χ2v) is 6.37. The zero-order valence-electron chi connectivity index (χ0n) is 11.8. The maximum Gasteiger partial charge on any atom is 0.238 e. The van der Waals surface area contributed by atoms with Crippen molar-refractivity contribution in [2.24, 2.45) is 12.2 Å². The standard InChI is InChI=1S/C13H14N6O2S/c1-19-13-11(7-17-19)12(8-16-18-13)15-6-9-2-4-10(5-3-9)22(14,20)21/h2-5,7-8H,6H2,1H3,(H,15,18)(H2,14,20,21). The van der Waals surface area contributed by atoms with E-state index in [2.05, 4.69) is 20.6 Å². The maximum absolute atomic E-state index is 11.2. The van der Waals surface area contributed by atoms with Crippen LogP contribution in [0.4, 0.5) is 5.69 Å². The van der Waals surface area contributed by atoms with E-state index in [1.165, 1.54) is 12.1 Å². The Labute approximate surface area is 127 Å². The lowest BCUT2D eigenvalue weighted by Gasteiger charge is -2.07. The fraction of sp³-hybridized carbons (Fsp3) is 0.154. The number of hydrogen-bond acceptors (Lipinski definition) is 6. The minimum absolute atomic E-state index is 0.0940. The molecule has 9 heteroatoms. The lowest BCUT2D eigenvalue weighted by atomic mass is 10.2. The summed E-state index contributed by atoms with van der Waals surface area (Å²) in [6.07, 6.45) is 3.35. The van der Waals surface area contributed by atoms with Crippen LogP contribution in [0.15, 0.2) is 41.6 Å². The van der Waals surface area contributed by atoms with E-state index in [1.807, 2.05) is 0 Å². The van der Waals surface area contributed by atoms with Crippen molar-refractivity contribution < 1.29 is 8.42 Å². The molecule has 1 aromatic carbocycles. The molecular weight excluding hydrogens is 304 g/mol. The van der Waals surface area contributed by atoms with E-state index >= 15 is 0 Å². The summed E-state index contributed by atoms with van der Waals surface area (Å²) in [6, 6.07) is 6.39. The van der Waals surface area contributed by atoms with Crippen LogP contribution in [0.25, 0.3) is 11.0 Å². The summed E-state index contributed by atoms with van der Waals surface area (Å²) < 4.78 is 24.1. The summed E-state index contributed by atoms with van der Waals surface area (Å²) in [6.45, 7) is 0.514. The zero-order valence-corrected chi connectivity index (χ0v) is 12.6. The molecule has 3 rings (SSSR count). The molecule has 0 aliphatic heterocycles. The number of primary sulfonamides is 1. The normalized spacial score (nSPS) is 11.7. The highest BCUT2D eigenvalue weighted by Crippen LogP contribution is 2.20. The molecule has 0 radical (unpaired) electrons. The first-order chi connectivity index (χ1) is 10.4. The molecule has 0 unspecified atom stereocenters. The molecule has 0 bridgehead atoms. The van der Waals surface area contributed by atoms with Crippen molar-refractivity contribution in [2.45, 2.75) is 11.4 Å². The monoisotopic (exact) mass is 318 g/mol. The quantitative estimate of drug-likeness (QED) is 0.728. The summed E-state index contributed by atoms with van der Waals surface area (Å²) in [5.74, 6) is 0. The third-order valence-corrected chi connectivity index (χ3v) is 4.20. The molecule has 0 saturated heterocycles. The average Bonchev–Trinajstić information content (AvgIpc) is 2.87. The van der Waals surface area contributed by atoms with E-state index in [1.54, 1.807) is 36.3 Å². The third kappa shape index (κ3) is 2.76. The van der Waals surface area contributed by atoms with Gasteiger partial charge in [-0.2, -0.15) is 10.2 Å². The maximum atomic E-state index is 11.2. The predicted molar refractivity (Wildman–Crippen MR) is 81.4 cm³/mol. The molecule has 0 amide bonds. The highest BCUT2D eigenvalue weighted by Gasteiger charge is 2.08. The molecular formula is C13H14N6O2S. The van der Waals surface area contributed by atoms with Crippen molar-refractivity contribution in [3.05, 3.63) is 42.2 Å². The molecule has 0 fully saturated rings. The van der Waals surface area contributed by atoms with Gasteiger partial charge in [-0.05, 0) is 17.7 Å². The summed E-state index contributed by atoms with van der Waals surface area (Å²) in [7, 11) is -1.86. The van der Waals surface area contributed by atoms with E-state index in [9.17, 15) is 8.42 Å². The van der Waals surface area contributed by atoms with Gasteiger partial charge in [0.25, 0.3) is 0 Å². The lowest BCUT2D eigenvalue weighted by Crippen LogP contribution is -2.12. The Hall–Kier alpha value is -2.52. The fourth-order valence-corrected chi connectivity index (χ4v) is 2.60. The topological polar surface area (TPSA) is 116 Å². The summed E-state index contributed by atoms with van der Waals surface area (Å²) in [4.78, 5) is 0.0940. The number of nitrogens with two attached hydrogens (primary N) is 1. The molecule has 22 heavy (non-hydrogen) atoms. The number of rotatable bonds is 4. The first-order valence-corrected chi connectivity index (χ1v) is 7.99. The van der Waals surface area contributed by atoms with Crippen LogP contribution >= 0.6 is 0 Å². The first kappa shape index (κ1) is 14.4. The van der Waals surface area contributed by atoms with Crippen LogP contribution in [0, 0.1) is 0 Å². The summed E-state index contributed by atoms with van der Waals surface area (Å²) >= 11 is 0. The van der Waals surface area contributed by atoms with Crippen molar-refractivity contribution >= 4 is 26.7 Å². The number of sulfonamides is 1. The van der Waals surface area contributed by atoms with Gasteiger partial charge in [0.05, 0.1) is 28.4 Å². The van der Waals surface area contributed by atoms with E-state index in [4.69, 9.17) is 5.14 Å². The number of nitrogens with zero attached hydrogens (tertiary/aromatic N) is 4. The lowest BCUT2D eigenvalue weighted by molar-refractivity contribution is 0.598. The van der Waals surface area contributed by atoms with Crippen LogP contribution in [-0.2, 0) is 23.6 Å². The van der Waals surface area contributed by atoms with Crippen molar-refractivity contribution in [2.75, 3.05) is 5.32 Å². The average molecular weight is 318 g/mol. The number of hydrogen-bond donors (Lipinski definition) is 2. The molecule has 8 nitrogen and oxygen atoms in total. The van der Waals surface area contributed by atoms with Crippen LogP contribution in [0.3, 0.4) is 0 Å². The second-order valence-electron chi connectivity index (χ2n) is 4.81. The van der Waals surface area contributed by atoms with Gasteiger partial charge in [0.2, 0.25) is 10.0 Å². The number of benzene rings is 1. The number of fused-ring (bicyclic) bond motifs is 1. The molecule has 2 aromatic heterocycles. The zero-order chi connectivity index (χ0) is 15.7. The summed E-state index contributed by atoms with van der Waals surface area (Å²) in [5.41, 5.74) is 2.42. The van der Waals surface area contributed by atoms with E-state index < -0.39 is 10.0 Å². The fourth-order valence-electron chi connectivity index (χ4n) is 2.09. The molecule has 3 aromatic rings. The second kappa shape index (κ2) is 5.35. The van der Waals surface area contributed by atoms with Gasteiger partial charge in [0, 0.05) is 13.6 Å². The van der Waals surface area contributed by atoms with Gasteiger partial charge in [-0.3, -0.25) is 0 Å². The number of aryl methyl sites for hydroxylation is 1. The molecule has 0 atom stereocenters. The number of aromatic nitrogens is 4. The van der Waals surface area contributed by atoms with Crippen molar-refractivity contribution in [1.29, 1.82) is 0 Å². The van der Waals surface area contributed by atoms with Crippen molar-refractivity contribution in [3.63, 3.8) is 0 Å². The molecule has 0 aliphatic rings. The van der Waals surface area contributed by atoms with Crippen LogP contribution in [0.5, 0.6) is 0 Å². The minimum Gasteiger partial charge on any atom is -0.379 e. The smallest absolute Gasteiger partial charge is 0.238 e. The Morgan fingerprint density at radius 1 is 1.23 bits per heavy atom. The highest BCUT2D eigenvalue weighted by molar-refractivity contribution is 7.89. The van der Waals surface area contributed by atoms with Gasteiger partial charge in [0.1, 0.15) is 0 Å². The van der Waals surface area contributed by atoms with Gasteiger partial charge < -0.3 is 5.32 Å². The number of anilines is 1. The first-order valence-electron chi connectivity index (χ1n) is 6.44. The largest absolute Gasteiger partial charge is 0.379 e. The van der Waals surface area contributed by atoms with Gasteiger partial charge in [0.15, 0.2) is 5.65 Å². The highest BCUT2D eigenvalue weighted by atomic mass is 32.2. The molecule has 3 N–H and O–H groups in total. The van der Waals surface area contributed by atoms with Crippen LogP contribution < -0.4 is 10.5 Å². The SMILES string of the molecule is Cn1ncc2c(NCc3ccc(S(N)(=O)=O)cc3)cnnc21. The molecule has 2 heterocycles. The van der Waals surface area contributed by atoms with Gasteiger partial charge in [-0.1, -0.05) is 12.1 Å². The predicted octanol–water partition coefficient (Wildman–Crippen LogP) is 0.623. The Bertz CT molecular complexity index is 917. The summed E-state index contributed by atoms with van der Waals surface area (Å²) in [5, 5.41) is 21.3.